The monoisotopic (exact) mass is 336 g/mol. The van der Waals surface area contributed by atoms with E-state index >= 15 is 0 Å². The number of rotatable bonds is 7. The van der Waals surface area contributed by atoms with Crippen LogP contribution in [0.25, 0.3) is 0 Å². The fourth-order valence-corrected chi connectivity index (χ4v) is 2.99. The van der Waals surface area contributed by atoms with Crippen LogP contribution in [0.1, 0.15) is 24.0 Å². The summed E-state index contributed by atoms with van der Waals surface area (Å²) in [6.45, 7) is 2.61. The minimum atomic E-state index is -0.200. The topological polar surface area (TPSA) is 58.2 Å². The van der Waals surface area contributed by atoms with E-state index in [0.29, 0.717) is 13.0 Å². The van der Waals surface area contributed by atoms with Crippen molar-refractivity contribution in [2.24, 2.45) is 11.8 Å². The van der Waals surface area contributed by atoms with Gasteiger partial charge in [0.15, 0.2) is 0 Å². The van der Waals surface area contributed by atoms with Gasteiger partial charge >= 0.3 is 0 Å². The fourth-order valence-electron chi connectivity index (χ4n) is 2.99. The van der Waals surface area contributed by atoms with E-state index in [2.05, 4.69) is 22.8 Å². The third-order valence-electron chi connectivity index (χ3n) is 4.65. The molecule has 2 aromatic carbocycles. The van der Waals surface area contributed by atoms with E-state index < -0.39 is 0 Å². The molecule has 0 saturated heterocycles. The first-order valence-corrected chi connectivity index (χ1v) is 8.83. The molecule has 0 heterocycles. The van der Waals surface area contributed by atoms with E-state index in [9.17, 15) is 9.59 Å². The predicted molar refractivity (Wildman–Crippen MR) is 99.2 cm³/mol. The van der Waals surface area contributed by atoms with Crippen LogP contribution in [0.5, 0.6) is 0 Å². The minimum absolute atomic E-state index is 0.00186. The van der Waals surface area contributed by atoms with Gasteiger partial charge in [0, 0.05) is 12.2 Å². The summed E-state index contributed by atoms with van der Waals surface area (Å²) < 4.78 is 0. The lowest BCUT2D eigenvalue weighted by Crippen LogP contribution is -2.28. The molecule has 0 radical (unpaired) electrons. The van der Waals surface area contributed by atoms with Gasteiger partial charge in [-0.15, -0.1) is 0 Å². The summed E-state index contributed by atoms with van der Waals surface area (Å²) in [5, 5.41) is 5.88. The van der Waals surface area contributed by atoms with E-state index in [4.69, 9.17) is 0 Å². The number of hydrogen-bond acceptors (Lipinski definition) is 2. The van der Waals surface area contributed by atoms with Crippen LogP contribution in [0.2, 0.25) is 0 Å². The Bertz CT molecular complexity index is 743. The number of amides is 2. The van der Waals surface area contributed by atoms with Crippen LogP contribution in [-0.2, 0) is 16.0 Å². The predicted octanol–water partition coefficient (Wildman–Crippen LogP) is 3.32. The van der Waals surface area contributed by atoms with Crippen molar-refractivity contribution in [3.05, 3.63) is 65.7 Å². The number of nitrogens with one attached hydrogen (secondary N) is 2. The molecule has 2 atom stereocenters. The summed E-state index contributed by atoms with van der Waals surface area (Å²) in [7, 11) is 0. The highest BCUT2D eigenvalue weighted by molar-refractivity contribution is 5.99. The summed E-state index contributed by atoms with van der Waals surface area (Å²) in [5.41, 5.74) is 3.12. The van der Waals surface area contributed by atoms with Crippen LogP contribution < -0.4 is 10.6 Å². The van der Waals surface area contributed by atoms with E-state index in [1.54, 1.807) is 0 Å². The van der Waals surface area contributed by atoms with Crippen molar-refractivity contribution in [1.29, 1.82) is 0 Å². The maximum atomic E-state index is 12.3. The second kappa shape index (κ2) is 7.97. The van der Waals surface area contributed by atoms with Gasteiger partial charge in [0.05, 0.1) is 11.8 Å². The Morgan fingerprint density at radius 3 is 2.40 bits per heavy atom. The number of benzene rings is 2. The van der Waals surface area contributed by atoms with E-state index in [1.165, 1.54) is 5.56 Å². The lowest BCUT2D eigenvalue weighted by molar-refractivity contribution is -0.125. The normalized spacial score (nSPS) is 18.4. The number of anilines is 1. The molecule has 0 aliphatic heterocycles. The molecule has 3 rings (SSSR count). The Morgan fingerprint density at radius 1 is 0.960 bits per heavy atom. The summed E-state index contributed by atoms with van der Waals surface area (Å²) in [4.78, 5) is 24.4. The maximum Gasteiger partial charge on any atom is 0.228 e. The summed E-state index contributed by atoms with van der Waals surface area (Å²) in [6, 6.07) is 17.9. The van der Waals surface area contributed by atoms with E-state index in [0.717, 1.165) is 24.1 Å². The average Bonchev–Trinajstić information content (AvgIpc) is 3.42. The zero-order valence-corrected chi connectivity index (χ0v) is 14.5. The minimum Gasteiger partial charge on any atom is -0.356 e. The van der Waals surface area contributed by atoms with Crippen molar-refractivity contribution in [3.8, 4) is 0 Å². The zero-order valence-electron chi connectivity index (χ0n) is 14.5. The molecule has 25 heavy (non-hydrogen) atoms. The SMILES string of the molecule is Cc1ccccc1NC(=O)C1CC1C(=O)NCCCc1ccccc1. The zero-order chi connectivity index (χ0) is 17.6. The average molecular weight is 336 g/mol. The molecule has 0 spiro atoms. The quantitative estimate of drug-likeness (QED) is 0.762. The van der Waals surface area contributed by atoms with Gasteiger partial charge in [0.1, 0.15) is 0 Å². The van der Waals surface area contributed by atoms with Crippen LogP contribution in [0.3, 0.4) is 0 Å². The molecule has 1 fully saturated rings. The smallest absolute Gasteiger partial charge is 0.228 e. The van der Waals surface area contributed by atoms with Gasteiger partial charge in [0.25, 0.3) is 0 Å². The molecule has 1 saturated carbocycles. The molecule has 1 aliphatic carbocycles. The Labute approximate surface area is 148 Å². The Kier molecular flexibility index (Phi) is 5.49. The lowest BCUT2D eigenvalue weighted by atomic mass is 10.1. The van der Waals surface area contributed by atoms with Crippen molar-refractivity contribution >= 4 is 17.5 Å². The third-order valence-corrected chi connectivity index (χ3v) is 4.65. The molecule has 0 aromatic heterocycles. The van der Waals surface area contributed by atoms with Crippen molar-refractivity contribution in [3.63, 3.8) is 0 Å². The molecule has 2 unspecified atom stereocenters. The van der Waals surface area contributed by atoms with Crippen molar-refractivity contribution in [1.82, 2.24) is 5.32 Å². The highest BCUT2D eigenvalue weighted by atomic mass is 16.2. The molecule has 2 amide bonds. The van der Waals surface area contributed by atoms with Crippen LogP contribution in [0, 0.1) is 18.8 Å². The van der Waals surface area contributed by atoms with Crippen LogP contribution in [0.4, 0.5) is 5.69 Å². The van der Waals surface area contributed by atoms with Crippen LogP contribution >= 0.6 is 0 Å². The number of aryl methyl sites for hydroxylation is 2. The van der Waals surface area contributed by atoms with Gasteiger partial charge in [0.2, 0.25) is 11.8 Å². The highest BCUT2D eigenvalue weighted by Crippen LogP contribution is 2.39. The first-order chi connectivity index (χ1) is 12.1. The van der Waals surface area contributed by atoms with Gasteiger partial charge in [-0.05, 0) is 43.4 Å². The summed E-state index contributed by atoms with van der Waals surface area (Å²) in [5.74, 6) is -0.439. The second-order valence-electron chi connectivity index (χ2n) is 6.63. The standard InChI is InChI=1S/C21H24N2O2/c1-15-8-5-6-12-19(15)23-21(25)18-14-17(18)20(24)22-13-7-11-16-9-3-2-4-10-16/h2-6,8-10,12,17-18H,7,11,13-14H2,1H3,(H,22,24)(H,23,25). The Morgan fingerprint density at radius 2 is 1.64 bits per heavy atom. The summed E-state index contributed by atoms with van der Waals surface area (Å²) >= 11 is 0. The van der Waals surface area contributed by atoms with Gasteiger partial charge in [-0.3, -0.25) is 9.59 Å². The molecule has 4 heteroatoms. The number of para-hydroxylation sites is 1. The lowest BCUT2D eigenvalue weighted by Gasteiger charge is -2.08. The first kappa shape index (κ1) is 17.2. The molecular weight excluding hydrogens is 312 g/mol. The number of hydrogen-bond donors (Lipinski definition) is 2. The molecule has 130 valence electrons. The Balaban J connectivity index is 1.38. The largest absolute Gasteiger partial charge is 0.356 e. The third kappa shape index (κ3) is 4.69. The first-order valence-electron chi connectivity index (χ1n) is 8.83. The second-order valence-corrected chi connectivity index (χ2v) is 6.63. The van der Waals surface area contributed by atoms with E-state index in [-0.39, 0.29) is 23.7 Å². The molecule has 2 N–H and O–H groups in total. The fraction of sp³-hybridized carbons (Fsp3) is 0.333. The van der Waals surface area contributed by atoms with Crippen LogP contribution in [0.15, 0.2) is 54.6 Å². The van der Waals surface area contributed by atoms with Crippen molar-refractivity contribution in [2.45, 2.75) is 26.2 Å². The number of carbonyl (C=O) groups excluding carboxylic acids is 2. The van der Waals surface area contributed by atoms with Crippen molar-refractivity contribution < 1.29 is 9.59 Å². The van der Waals surface area contributed by atoms with Crippen LogP contribution in [-0.4, -0.2) is 18.4 Å². The van der Waals surface area contributed by atoms with E-state index in [1.807, 2.05) is 49.4 Å². The maximum absolute atomic E-state index is 12.3. The molecule has 2 aromatic rings. The Hall–Kier alpha value is -2.62. The number of carbonyl (C=O) groups is 2. The van der Waals surface area contributed by atoms with Gasteiger partial charge in [-0.2, -0.15) is 0 Å². The van der Waals surface area contributed by atoms with Gasteiger partial charge < -0.3 is 10.6 Å². The van der Waals surface area contributed by atoms with Gasteiger partial charge in [-0.1, -0.05) is 48.5 Å². The summed E-state index contributed by atoms with van der Waals surface area (Å²) in [6.07, 6.45) is 2.49. The molecular formula is C21H24N2O2. The molecule has 4 nitrogen and oxygen atoms in total. The molecule has 0 bridgehead atoms. The molecule has 1 aliphatic rings. The highest BCUT2D eigenvalue weighted by Gasteiger charge is 2.47. The van der Waals surface area contributed by atoms with Crippen molar-refractivity contribution in [2.75, 3.05) is 11.9 Å². The van der Waals surface area contributed by atoms with Gasteiger partial charge in [-0.25, -0.2) is 0 Å².